The molecule has 1 atom stereocenters. The summed E-state index contributed by atoms with van der Waals surface area (Å²) in [6.45, 7) is 11.0. The number of hydrogen-bond donors (Lipinski definition) is 2. The van der Waals surface area contributed by atoms with Gasteiger partial charge in [0.05, 0.1) is 5.41 Å². The highest BCUT2D eigenvalue weighted by atomic mass is 16.2. The molecule has 0 heterocycles. The summed E-state index contributed by atoms with van der Waals surface area (Å²) in [5, 5.41) is 3.11. The summed E-state index contributed by atoms with van der Waals surface area (Å²) in [6.07, 6.45) is 3.80. The van der Waals surface area contributed by atoms with Gasteiger partial charge < -0.3 is 11.1 Å². The van der Waals surface area contributed by atoms with Crippen LogP contribution in [0.3, 0.4) is 0 Å². The highest BCUT2D eigenvalue weighted by Gasteiger charge is 2.33. The normalized spacial score (nSPS) is 13.8. The first-order valence-corrected chi connectivity index (χ1v) is 6.92. The second-order valence-corrected chi connectivity index (χ2v) is 5.54. The Morgan fingerprint density at radius 3 is 2.06 bits per heavy atom. The molecule has 1 amide bonds. The Morgan fingerprint density at radius 1 is 1.18 bits per heavy atom. The predicted octanol–water partition coefficient (Wildman–Crippen LogP) is 2.69. The van der Waals surface area contributed by atoms with Gasteiger partial charge in [-0.1, -0.05) is 27.7 Å². The molecule has 0 aromatic rings. The van der Waals surface area contributed by atoms with E-state index in [4.69, 9.17) is 5.73 Å². The van der Waals surface area contributed by atoms with Crippen LogP contribution in [0.15, 0.2) is 0 Å². The zero-order valence-electron chi connectivity index (χ0n) is 12.2. The van der Waals surface area contributed by atoms with Crippen LogP contribution in [0.5, 0.6) is 0 Å². The van der Waals surface area contributed by atoms with Gasteiger partial charge in [0.2, 0.25) is 5.91 Å². The van der Waals surface area contributed by atoms with Crippen LogP contribution >= 0.6 is 0 Å². The number of nitrogens with two attached hydrogens (primary N) is 1. The molecule has 0 fully saturated rings. The van der Waals surface area contributed by atoms with Crippen molar-refractivity contribution in [3.8, 4) is 0 Å². The molecule has 0 aliphatic heterocycles. The highest BCUT2D eigenvalue weighted by Crippen LogP contribution is 2.25. The number of rotatable bonds is 8. The molecule has 0 aromatic heterocycles. The van der Waals surface area contributed by atoms with Crippen molar-refractivity contribution in [3.05, 3.63) is 0 Å². The number of amides is 1. The second-order valence-electron chi connectivity index (χ2n) is 5.54. The maximum absolute atomic E-state index is 12.2. The SMILES string of the molecule is CCC(CC)(CN)C(=O)NC(C)CCC(C)C. The quantitative estimate of drug-likeness (QED) is 0.687. The van der Waals surface area contributed by atoms with Crippen molar-refractivity contribution in [1.82, 2.24) is 5.32 Å². The van der Waals surface area contributed by atoms with Crippen LogP contribution in [0.4, 0.5) is 0 Å². The van der Waals surface area contributed by atoms with E-state index in [1.54, 1.807) is 0 Å². The maximum Gasteiger partial charge on any atom is 0.227 e. The van der Waals surface area contributed by atoms with E-state index in [0.717, 1.165) is 25.7 Å². The van der Waals surface area contributed by atoms with Gasteiger partial charge in [-0.25, -0.2) is 0 Å². The zero-order chi connectivity index (χ0) is 13.5. The fraction of sp³-hybridized carbons (Fsp3) is 0.929. The van der Waals surface area contributed by atoms with Crippen molar-refractivity contribution in [1.29, 1.82) is 0 Å². The van der Waals surface area contributed by atoms with Crippen molar-refractivity contribution < 1.29 is 4.79 Å². The van der Waals surface area contributed by atoms with Crippen LogP contribution in [0, 0.1) is 11.3 Å². The number of carbonyl (C=O) groups is 1. The van der Waals surface area contributed by atoms with Gasteiger partial charge in [0.25, 0.3) is 0 Å². The molecule has 0 aliphatic rings. The zero-order valence-corrected chi connectivity index (χ0v) is 12.2. The third-order valence-corrected chi connectivity index (χ3v) is 3.78. The van der Waals surface area contributed by atoms with E-state index in [2.05, 4.69) is 26.1 Å². The third kappa shape index (κ3) is 5.07. The molecule has 0 saturated heterocycles. The summed E-state index contributed by atoms with van der Waals surface area (Å²) in [5.74, 6) is 0.812. The van der Waals surface area contributed by atoms with Crippen LogP contribution in [-0.4, -0.2) is 18.5 Å². The van der Waals surface area contributed by atoms with E-state index in [-0.39, 0.29) is 17.4 Å². The lowest BCUT2D eigenvalue weighted by Crippen LogP contribution is -2.48. The molecular formula is C14H30N2O. The lowest BCUT2D eigenvalue weighted by Gasteiger charge is -2.30. The van der Waals surface area contributed by atoms with Crippen molar-refractivity contribution in [2.75, 3.05) is 6.54 Å². The topological polar surface area (TPSA) is 55.1 Å². The van der Waals surface area contributed by atoms with Crippen LogP contribution in [-0.2, 0) is 4.79 Å². The summed E-state index contributed by atoms with van der Waals surface area (Å²) < 4.78 is 0. The monoisotopic (exact) mass is 242 g/mol. The summed E-state index contributed by atoms with van der Waals surface area (Å²) in [5.41, 5.74) is 5.40. The molecule has 1 unspecified atom stereocenters. The minimum Gasteiger partial charge on any atom is -0.353 e. The Kier molecular flexibility index (Phi) is 7.44. The average molecular weight is 242 g/mol. The number of carbonyl (C=O) groups excluding carboxylic acids is 1. The molecule has 0 aromatic carbocycles. The first kappa shape index (κ1) is 16.4. The summed E-state index contributed by atoms with van der Waals surface area (Å²) in [4.78, 5) is 12.2. The molecule has 102 valence electrons. The fourth-order valence-corrected chi connectivity index (χ4v) is 1.98. The standard InChI is InChI=1S/C14H30N2O/c1-6-14(7-2,10-15)13(17)16-12(5)9-8-11(3)4/h11-12H,6-10,15H2,1-5H3,(H,16,17). The number of hydrogen-bond acceptors (Lipinski definition) is 2. The Bertz CT molecular complexity index is 214. The highest BCUT2D eigenvalue weighted by molar-refractivity contribution is 5.83. The Labute approximate surface area is 107 Å². The summed E-state index contributed by atoms with van der Waals surface area (Å²) in [7, 11) is 0. The van der Waals surface area contributed by atoms with E-state index < -0.39 is 0 Å². The molecule has 17 heavy (non-hydrogen) atoms. The first-order chi connectivity index (χ1) is 7.91. The molecule has 0 radical (unpaired) electrons. The van der Waals surface area contributed by atoms with Gasteiger partial charge in [-0.15, -0.1) is 0 Å². The molecule has 3 heteroatoms. The average Bonchev–Trinajstić information content (AvgIpc) is 2.29. The van der Waals surface area contributed by atoms with Crippen molar-refractivity contribution in [2.24, 2.45) is 17.1 Å². The van der Waals surface area contributed by atoms with Crippen LogP contribution in [0.2, 0.25) is 0 Å². The third-order valence-electron chi connectivity index (χ3n) is 3.78. The second kappa shape index (κ2) is 7.70. The van der Waals surface area contributed by atoms with Gasteiger partial charge in [0.1, 0.15) is 0 Å². The molecule has 0 rings (SSSR count). The smallest absolute Gasteiger partial charge is 0.227 e. The van der Waals surface area contributed by atoms with Crippen LogP contribution in [0.25, 0.3) is 0 Å². The lowest BCUT2D eigenvalue weighted by atomic mass is 9.81. The predicted molar refractivity (Wildman–Crippen MR) is 73.7 cm³/mol. The van der Waals surface area contributed by atoms with Gasteiger partial charge in [-0.2, -0.15) is 0 Å². The van der Waals surface area contributed by atoms with Crippen molar-refractivity contribution >= 4 is 5.91 Å². The number of nitrogens with one attached hydrogen (secondary N) is 1. The minimum absolute atomic E-state index is 0.126. The molecule has 3 N–H and O–H groups in total. The maximum atomic E-state index is 12.2. The molecule has 3 nitrogen and oxygen atoms in total. The first-order valence-electron chi connectivity index (χ1n) is 6.92. The molecule has 0 bridgehead atoms. The molecular weight excluding hydrogens is 212 g/mol. The van der Waals surface area contributed by atoms with Crippen molar-refractivity contribution in [3.63, 3.8) is 0 Å². The largest absolute Gasteiger partial charge is 0.353 e. The molecule has 0 saturated carbocycles. The van der Waals surface area contributed by atoms with E-state index in [1.165, 1.54) is 0 Å². The Morgan fingerprint density at radius 2 is 1.71 bits per heavy atom. The van der Waals surface area contributed by atoms with E-state index >= 15 is 0 Å². The van der Waals surface area contributed by atoms with E-state index in [0.29, 0.717) is 12.5 Å². The van der Waals surface area contributed by atoms with E-state index in [9.17, 15) is 4.79 Å². The lowest BCUT2D eigenvalue weighted by molar-refractivity contribution is -0.131. The van der Waals surface area contributed by atoms with Gasteiger partial charge in [-0.05, 0) is 38.5 Å². The van der Waals surface area contributed by atoms with Crippen molar-refractivity contribution in [2.45, 2.75) is 66.3 Å². The van der Waals surface area contributed by atoms with E-state index in [1.807, 2.05) is 13.8 Å². The van der Waals surface area contributed by atoms with Gasteiger partial charge in [0.15, 0.2) is 0 Å². The molecule has 0 spiro atoms. The Balaban J connectivity index is 4.31. The van der Waals surface area contributed by atoms with Gasteiger partial charge in [-0.3, -0.25) is 4.79 Å². The molecule has 0 aliphatic carbocycles. The van der Waals surface area contributed by atoms with Crippen LogP contribution < -0.4 is 11.1 Å². The summed E-state index contributed by atoms with van der Waals surface area (Å²) in [6, 6.07) is 0.244. The Hall–Kier alpha value is -0.570. The fourth-order valence-electron chi connectivity index (χ4n) is 1.98. The minimum atomic E-state index is -0.369. The van der Waals surface area contributed by atoms with Crippen LogP contribution in [0.1, 0.15) is 60.3 Å². The summed E-state index contributed by atoms with van der Waals surface area (Å²) >= 11 is 0. The van der Waals surface area contributed by atoms with Gasteiger partial charge >= 0.3 is 0 Å². The van der Waals surface area contributed by atoms with Gasteiger partial charge in [0, 0.05) is 12.6 Å².